The number of benzene rings is 10. The van der Waals surface area contributed by atoms with E-state index in [4.69, 9.17) is 19.4 Å². The molecule has 288 valence electrons. The molecule has 0 fully saturated rings. The topological polar surface area (TPSA) is 56.7 Å². The molecule has 5 heteroatoms. The monoisotopic (exact) mass is 790 g/mol. The average Bonchev–Trinajstić information content (AvgIpc) is 3.88. The van der Waals surface area contributed by atoms with Crippen molar-refractivity contribution in [3.63, 3.8) is 0 Å². The number of rotatable bonds is 5. The second kappa shape index (κ2) is 13.6. The highest BCUT2D eigenvalue weighted by Crippen LogP contribution is 2.42. The van der Waals surface area contributed by atoms with Crippen LogP contribution >= 0.6 is 0 Å². The number of aromatic nitrogens is 4. The van der Waals surface area contributed by atoms with E-state index in [9.17, 15) is 0 Å². The van der Waals surface area contributed by atoms with E-state index in [-0.39, 0.29) is 0 Å². The Morgan fingerprint density at radius 2 is 0.903 bits per heavy atom. The molecule has 0 bridgehead atoms. The van der Waals surface area contributed by atoms with E-state index < -0.39 is 0 Å². The molecule has 0 radical (unpaired) electrons. The van der Waals surface area contributed by atoms with Crippen LogP contribution in [0.5, 0.6) is 0 Å². The fourth-order valence-electron chi connectivity index (χ4n) is 9.49. The van der Waals surface area contributed by atoms with Crippen LogP contribution in [0.25, 0.3) is 127 Å². The molecule has 10 aromatic carbocycles. The average molecular weight is 791 g/mol. The van der Waals surface area contributed by atoms with Gasteiger partial charge in [-0.3, -0.25) is 0 Å². The molecule has 13 aromatic rings. The Kier molecular flexibility index (Phi) is 7.54. The molecule has 0 N–H and O–H groups in total. The minimum atomic E-state index is 0.559. The number of para-hydroxylation sites is 2. The zero-order valence-corrected chi connectivity index (χ0v) is 33.3. The second-order valence-corrected chi connectivity index (χ2v) is 16.0. The molecule has 0 spiro atoms. The summed E-state index contributed by atoms with van der Waals surface area (Å²) in [5.41, 5.74) is 9.77. The van der Waals surface area contributed by atoms with Crippen molar-refractivity contribution >= 4 is 76.1 Å². The summed E-state index contributed by atoms with van der Waals surface area (Å²) in [6.45, 7) is 0. The molecule has 0 saturated carbocycles. The lowest BCUT2D eigenvalue weighted by Crippen LogP contribution is -2.02. The van der Waals surface area contributed by atoms with Gasteiger partial charge in [-0.2, -0.15) is 0 Å². The van der Waals surface area contributed by atoms with Gasteiger partial charge in [-0.15, -0.1) is 0 Å². The Balaban J connectivity index is 1.11. The van der Waals surface area contributed by atoms with Crippen molar-refractivity contribution in [2.75, 3.05) is 0 Å². The van der Waals surface area contributed by atoms with Crippen molar-refractivity contribution in [1.29, 1.82) is 0 Å². The molecule has 0 aliphatic heterocycles. The summed E-state index contributed by atoms with van der Waals surface area (Å²) in [7, 11) is 0. The Labute approximate surface area is 355 Å². The molecule has 5 nitrogen and oxygen atoms in total. The largest absolute Gasteiger partial charge is 0.456 e. The standard InChI is InChI=1S/C57H34N4O/c1-2-14-35(15-3-1)36-26-28-37(29-27-36)55-58-56(60-57(59-55)48-31-40-18-6-7-19-42(40)43-20-8-9-21-44(43)48)41-33-51(54-46-23-11-13-25-52(46)62-53(54)34-41)61-49-24-12-10-22-45(49)47-30-38-16-4-5-17-39(38)32-50(47)61/h1-34H. The van der Waals surface area contributed by atoms with Gasteiger partial charge in [0.15, 0.2) is 17.5 Å². The maximum absolute atomic E-state index is 6.75. The summed E-state index contributed by atoms with van der Waals surface area (Å²) in [4.78, 5) is 16.0. The highest BCUT2D eigenvalue weighted by Gasteiger charge is 2.22. The number of fused-ring (bicyclic) bond motifs is 10. The zero-order chi connectivity index (χ0) is 40.7. The molecule has 0 aliphatic rings. The molecular weight excluding hydrogens is 757 g/mol. The SMILES string of the molecule is c1ccc(-c2ccc(-c3nc(-c4cc(-n5c6ccccc6c6cc7ccccc7cc65)c5c(c4)oc4ccccc45)nc(-c4cc5ccccc5c5ccccc45)n3)cc2)cc1. The fraction of sp³-hybridized carbons (Fsp3) is 0. The van der Waals surface area contributed by atoms with Crippen molar-refractivity contribution in [3.05, 3.63) is 206 Å². The molecule has 0 unspecified atom stereocenters. The van der Waals surface area contributed by atoms with Gasteiger partial charge < -0.3 is 8.98 Å². The maximum Gasteiger partial charge on any atom is 0.164 e. The van der Waals surface area contributed by atoms with Crippen LogP contribution in [0.3, 0.4) is 0 Å². The first-order chi connectivity index (χ1) is 30.7. The van der Waals surface area contributed by atoms with Gasteiger partial charge in [-0.05, 0) is 85.9 Å². The van der Waals surface area contributed by atoms with E-state index in [1.54, 1.807) is 0 Å². The summed E-state index contributed by atoms with van der Waals surface area (Å²) < 4.78 is 9.15. The second-order valence-electron chi connectivity index (χ2n) is 16.0. The molecule has 13 rings (SSSR count). The van der Waals surface area contributed by atoms with Gasteiger partial charge in [-0.1, -0.05) is 164 Å². The number of nitrogens with zero attached hydrogens (tertiary/aromatic N) is 4. The first-order valence-electron chi connectivity index (χ1n) is 20.9. The van der Waals surface area contributed by atoms with Crippen LogP contribution in [0.4, 0.5) is 0 Å². The minimum absolute atomic E-state index is 0.559. The van der Waals surface area contributed by atoms with E-state index >= 15 is 0 Å². The molecule has 3 heterocycles. The summed E-state index contributed by atoms with van der Waals surface area (Å²) in [6, 6.07) is 72.7. The van der Waals surface area contributed by atoms with Gasteiger partial charge in [0.25, 0.3) is 0 Å². The van der Waals surface area contributed by atoms with Gasteiger partial charge in [-0.25, -0.2) is 15.0 Å². The molecule has 3 aromatic heterocycles. The van der Waals surface area contributed by atoms with Crippen molar-refractivity contribution in [2.45, 2.75) is 0 Å². The summed E-state index contributed by atoms with van der Waals surface area (Å²) in [5.74, 6) is 1.76. The number of hydrogen-bond donors (Lipinski definition) is 0. The van der Waals surface area contributed by atoms with Gasteiger partial charge in [0.05, 0.1) is 22.1 Å². The predicted octanol–water partition coefficient (Wildman–Crippen LogP) is 15.0. The number of hydrogen-bond acceptors (Lipinski definition) is 4. The minimum Gasteiger partial charge on any atom is -0.456 e. The number of furan rings is 1. The van der Waals surface area contributed by atoms with Crippen molar-refractivity contribution in [2.24, 2.45) is 0 Å². The first kappa shape index (κ1) is 34.5. The molecular formula is C57H34N4O. The zero-order valence-electron chi connectivity index (χ0n) is 33.3. The van der Waals surface area contributed by atoms with Crippen LogP contribution in [0.1, 0.15) is 0 Å². The highest BCUT2D eigenvalue weighted by molar-refractivity contribution is 6.17. The third-order valence-electron chi connectivity index (χ3n) is 12.4. The predicted molar refractivity (Wildman–Crippen MR) is 256 cm³/mol. The maximum atomic E-state index is 6.75. The van der Waals surface area contributed by atoms with E-state index in [0.717, 1.165) is 82.6 Å². The Bertz CT molecular complexity index is 3920. The van der Waals surface area contributed by atoms with Gasteiger partial charge in [0, 0.05) is 32.8 Å². The lowest BCUT2D eigenvalue weighted by atomic mass is 9.96. The van der Waals surface area contributed by atoms with E-state index in [2.05, 4.69) is 193 Å². The van der Waals surface area contributed by atoms with Crippen LogP contribution in [0.2, 0.25) is 0 Å². The van der Waals surface area contributed by atoms with Crippen molar-refractivity contribution in [3.8, 4) is 51.0 Å². The lowest BCUT2D eigenvalue weighted by Gasteiger charge is -2.14. The molecule has 62 heavy (non-hydrogen) atoms. The van der Waals surface area contributed by atoms with Crippen LogP contribution in [0.15, 0.2) is 211 Å². The normalized spacial score (nSPS) is 11.9. The molecule has 0 aliphatic carbocycles. The Morgan fingerprint density at radius 3 is 1.71 bits per heavy atom. The quantitative estimate of drug-likeness (QED) is 0.163. The van der Waals surface area contributed by atoms with Crippen molar-refractivity contribution in [1.82, 2.24) is 19.5 Å². The third kappa shape index (κ3) is 5.38. The van der Waals surface area contributed by atoms with Crippen molar-refractivity contribution < 1.29 is 4.42 Å². The third-order valence-corrected chi connectivity index (χ3v) is 12.4. The highest BCUT2D eigenvalue weighted by atomic mass is 16.3. The molecule has 0 atom stereocenters. The van der Waals surface area contributed by atoms with Crippen LogP contribution in [-0.4, -0.2) is 19.5 Å². The Hall–Kier alpha value is -8.41. The summed E-state index contributed by atoms with van der Waals surface area (Å²) in [6.07, 6.45) is 0. The van der Waals surface area contributed by atoms with Gasteiger partial charge >= 0.3 is 0 Å². The van der Waals surface area contributed by atoms with Gasteiger partial charge in [0.2, 0.25) is 0 Å². The summed E-state index contributed by atoms with van der Waals surface area (Å²) >= 11 is 0. The van der Waals surface area contributed by atoms with E-state index in [1.165, 1.54) is 26.9 Å². The van der Waals surface area contributed by atoms with Crippen LogP contribution in [0, 0.1) is 0 Å². The Morgan fingerprint density at radius 1 is 0.323 bits per heavy atom. The first-order valence-corrected chi connectivity index (χ1v) is 20.9. The van der Waals surface area contributed by atoms with Crippen LogP contribution < -0.4 is 0 Å². The van der Waals surface area contributed by atoms with E-state index in [1.807, 2.05) is 18.2 Å². The molecule has 0 amide bonds. The lowest BCUT2D eigenvalue weighted by molar-refractivity contribution is 0.669. The van der Waals surface area contributed by atoms with E-state index in [0.29, 0.717) is 17.5 Å². The summed E-state index contributed by atoms with van der Waals surface area (Å²) in [5, 5.41) is 11.4. The smallest absolute Gasteiger partial charge is 0.164 e. The van der Waals surface area contributed by atoms with Gasteiger partial charge in [0.1, 0.15) is 11.2 Å². The molecule has 0 saturated heterocycles. The van der Waals surface area contributed by atoms with Crippen LogP contribution in [-0.2, 0) is 0 Å². The fourth-order valence-corrected chi connectivity index (χ4v) is 9.49.